The number of hydrogen-bond acceptors (Lipinski definition) is 6. The second kappa shape index (κ2) is 26.4. The van der Waals surface area contributed by atoms with Crippen LogP contribution in [0.3, 0.4) is 0 Å². The Morgan fingerprint density at radius 2 is 0.824 bits per heavy atom. The molecule has 0 amide bonds. The second-order valence-corrected chi connectivity index (χ2v) is 6.95. The first-order valence-corrected chi connectivity index (χ1v) is 11.3. The maximum absolute atomic E-state index is 8.74. The maximum Gasteiger partial charge on any atom is 0.394 e. The van der Waals surface area contributed by atoms with Crippen LogP contribution in [0.5, 0.6) is 0 Å². The highest BCUT2D eigenvalue weighted by Crippen LogP contribution is 1.87. The van der Waals surface area contributed by atoms with Gasteiger partial charge in [-0.1, -0.05) is 26.7 Å². The first kappa shape index (κ1) is 44.8. The molecule has 0 atom stereocenters. The normalized spacial score (nSPS) is 10.6. The number of rotatable bonds is 6. The highest BCUT2D eigenvalue weighted by molar-refractivity contribution is 7.80. The highest BCUT2D eigenvalue weighted by Gasteiger charge is 1.88. The quantitative estimate of drug-likeness (QED) is 0.0653. The van der Waals surface area contributed by atoms with Crippen molar-refractivity contribution in [2.75, 3.05) is 13.1 Å². The van der Waals surface area contributed by atoms with Crippen LogP contribution in [0, 0.1) is 0 Å². The molecule has 0 heterocycles. The molecule has 0 saturated carbocycles. The number of nitrogens with two attached hydrogens (primary N) is 6. The van der Waals surface area contributed by atoms with Gasteiger partial charge in [0.05, 0.1) is 0 Å². The topological polar surface area (TPSA) is 418 Å². The van der Waals surface area contributed by atoms with Gasteiger partial charge in [-0.05, 0) is 12.8 Å². The van der Waals surface area contributed by atoms with Crippen LogP contribution in [0.25, 0.3) is 0 Å². The van der Waals surface area contributed by atoms with Crippen molar-refractivity contribution in [2.24, 2.45) is 54.4 Å². The molecule has 20 nitrogen and oxygen atoms in total. The fourth-order valence-electron chi connectivity index (χ4n) is 1.04. The first-order valence-electron chi connectivity index (χ1n) is 8.52. The molecule has 0 aliphatic rings. The van der Waals surface area contributed by atoms with Gasteiger partial charge in [-0.15, -0.1) is 0 Å². The van der Waals surface area contributed by atoms with Crippen LogP contribution < -0.4 is 34.4 Å². The Morgan fingerprint density at radius 1 is 0.618 bits per heavy atom. The molecule has 0 unspecified atom stereocenters. The zero-order valence-electron chi connectivity index (χ0n) is 18.7. The van der Waals surface area contributed by atoms with Gasteiger partial charge in [0, 0.05) is 13.1 Å². The van der Waals surface area contributed by atoms with E-state index in [1.54, 1.807) is 0 Å². The molecular formula is C12H38N10O10S2. The van der Waals surface area contributed by atoms with Gasteiger partial charge >= 0.3 is 20.8 Å². The molecule has 208 valence electrons. The van der Waals surface area contributed by atoms with Crippen molar-refractivity contribution < 1.29 is 46.0 Å². The van der Waals surface area contributed by atoms with Crippen molar-refractivity contribution in [3.05, 3.63) is 0 Å². The summed E-state index contributed by atoms with van der Waals surface area (Å²) in [6.07, 6.45) is 4.17. The molecule has 0 spiro atoms. The Morgan fingerprint density at radius 3 is 0.971 bits per heavy atom. The summed E-state index contributed by atoms with van der Waals surface area (Å²) in [6.45, 7) is 5.51. The summed E-state index contributed by atoms with van der Waals surface area (Å²) in [5.74, 6) is 0.197. The van der Waals surface area contributed by atoms with E-state index in [-0.39, 0.29) is 34.8 Å². The summed E-state index contributed by atoms with van der Waals surface area (Å²) >= 11 is 0. The summed E-state index contributed by atoms with van der Waals surface area (Å²) in [5.41, 5.74) is 30.9. The lowest BCUT2D eigenvalue weighted by molar-refractivity contribution is 0.378. The number of hydrogen-bond donors (Lipinski definition) is 10. The smallest absolute Gasteiger partial charge is 0.394 e. The molecule has 34 heavy (non-hydrogen) atoms. The van der Waals surface area contributed by atoms with Crippen LogP contribution in [0.2, 0.25) is 0 Å². The molecule has 0 aliphatic heterocycles. The Hall–Kier alpha value is -2.86. The van der Waals surface area contributed by atoms with E-state index in [1.165, 1.54) is 0 Å². The Bertz CT molecular complexity index is 721. The average Bonchev–Trinajstić information content (AvgIpc) is 2.51. The Balaban J connectivity index is -0.0000000802. The average molecular weight is 547 g/mol. The van der Waals surface area contributed by atoms with E-state index in [4.69, 9.17) is 69.4 Å². The molecule has 0 bridgehead atoms. The summed E-state index contributed by atoms with van der Waals surface area (Å²) in [7, 11) is -9.33. The summed E-state index contributed by atoms with van der Waals surface area (Å²) < 4.78 is 63.2. The van der Waals surface area contributed by atoms with Crippen LogP contribution in [-0.2, 0) is 20.8 Å². The van der Waals surface area contributed by atoms with Crippen LogP contribution in [0.4, 0.5) is 0 Å². The molecule has 0 aromatic carbocycles. The third-order valence-electron chi connectivity index (χ3n) is 2.06. The standard InChI is InChI=1S/2C6H15N5.2H2O4S.2H2O/c2*1-2-3-4-10-6(9)11-5(7)8;2*1-5(2,3)4;;/h2*2-4H2,1H3,(H6,7,8,9,10,11);2*(H2,1,2,3,4);2*1H2. The number of nitrogens with zero attached hydrogens (tertiary/aromatic N) is 4. The van der Waals surface area contributed by atoms with Gasteiger partial charge in [0.15, 0.2) is 11.9 Å². The van der Waals surface area contributed by atoms with Crippen LogP contribution in [-0.4, -0.2) is 82.9 Å². The maximum atomic E-state index is 8.74. The number of guanidine groups is 4. The highest BCUT2D eigenvalue weighted by atomic mass is 32.3. The molecule has 0 aromatic heterocycles. The molecule has 0 rings (SSSR count). The van der Waals surface area contributed by atoms with Gasteiger partial charge in [-0.25, -0.2) is 0 Å². The zero-order valence-corrected chi connectivity index (χ0v) is 20.4. The summed E-state index contributed by atoms with van der Waals surface area (Å²) in [4.78, 5) is 14.9. The fourth-order valence-corrected chi connectivity index (χ4v) is 1.04. The predicted molar refractivity (Wildman–Crippen MR) is 130 cm³/mol. The zero-order chi connectivity index (χ0) is 26.4. The van der Waals surface area contributed by atoms with E-state index in [1.807, 2.05) is 0 Å². The minimum atomic E-state index is -4.67. The van der Waals surface area contributed by atoms with Crippen molar-refractivity contribution in [3.8, 4) is 0 Å². The van der Waals surface area contributed by atoms with Gasteiger partial charge in [0.2, 0.25) is 11.9 Å². The first-order chi connectivity index (χ1) is 14.3. The predicted octanol–water partition coefficient (Wildman–Crippen LogP) is -4.21. The van der Waals surface area contributed by atoms with Crippen LogP contribution in [0.1, 0.15) is 39.5 Å². The fraction of sp³-hybridized carbons (Fsp3) is 0.667. The lowest BCUT2D eigenvalue weighted by Gasteiger charge is -1.93. The third kappa shape index (κ3) is 101. The summed E-state index contributed by atoms with van der Waals surface area (Å²) in [5, 5.41) is 0. The number of aliphatic imine (C=N–C) groups is 4. The molecule has 22 heteroatoms. The van der Waals surface area contributed by atoms with Gasteiger partial charge in [0.1, 0.15) is 0 Å². The minimum Gasteiger partial charge on any atom is -0.412 e. The lowest BCUT2D eigenvalue weighted by Crippen LogP contribution is -2.26. The monoisotopic (exact) mass is 546 g/mol. The Kier molecular flexibility index (Phi) is 34.7. The van der Waals surface area contributed by atoms with Gasteiger partial charge in [-0.2, -0.15) is 26.8 Å². The van der Waals surface area contributed by atoms with E-state index in [2.05, 4.69) is 33.8 Å². The van der Waals surface area contributed by atoms with Crippen molar-refractivity contribution in [2.45, 2.75) is 39.5 Å². The van der Waals surface area contributed by atoms with E-state index in [0.717, 1.165) is 25.7 Å². The molecule has 0 fully saturated rings. The van der Waals surface area contributed by atoms with Gasteiger partial charge < -0.3 is 45.4 Å². The van der Waals surface area contributed by atoms with E-state index >= 15 is 0 Å². The minimum absolute atomic E-state index is 0. The van der Waals surface area contributed by atoms with Crippen molar-refractivity contribution in [3.63, 3.8) is 0 Å². The largest absolute Gasteiger partial charge is 0.412 e. The van der Waals surface area contributed by atoms with Crippen molar-refractivity contribution in [1.82, 2.24) is 0 Å². The van der Waals surface area contributed by atoms with E-state index in [0.29, 0.717) is 13.1 Å². The molecule has 0 saturated heterocycles. The Labute approximate surface area is 198 Å². The van der Waals surface area contributed by atoms with Crippen molar-refractivity contribution >= 4 is 44.6 Å². The second-order valence-electron chi connectivity index (χ2n) is 5.16. The van der Waals surface area contributed by atoms with E-state index < -0.39 is 20.8 Å². The lowest BCUT2D eigenvalue weighted by atomic mass is 10.3. The van der Waals surface area contributed by atoms with Crippen molar-refractivity contribution in [1.29, 1.82) is 0 Å². The molecule has 20 N–H and O–H groups in total. The van der Waals surface area contributed by atoms with Gasteiger partial charge in [-0.3, -0.25) is 28.2 Å². The SMILES string of the molecule is CCCCN=C(N)N=C(N)N.CCCCN=C(N)N=C(N)N.O.O.O=S(=O)(O)O.O=S(=O)(O)O. The third-order valence-corrected chi connectivity index (χ3v) is 2.06. The van der Waals surface area contributed by atoms with Crippen LogP contribution >= 0.6 is 0 Å². The molecule has 0 aromatic rings. The van der Waals surface area contributed by atoms with Crippen LogP contribution in [0.15, 0.2) is 20.0 Å². The molecule has 0 aliphatic carbocycles. The van der Waals surface area contributed by atoms with Gasteiger partial charge in [0.25, 0.3) is 0 Å². The summed E-state index contributed by atoms with van der Waals surface area (Å²) in [6, 6.07) is 0. The number of unbranched alkanes of at least 4 members (excludes halogenated alkanes) is 2. The molecule has 0 radical (unpaired) electrons. The molecular weight excluding hydrogens is 508 g/mol. The van der Waals surface area contributed by atoms with E-state index in [9.17, 15) is 0 Å².